The van der Waals surface area contributed by atoms with Crippen molar-refractivity contribution in [3.8, 4) is 11.5 Å². The van der Waals surface area contributed by atoms with Crippen LogP contribution in [-0.4, -0.2) is 28.7 Å². The van der Waals surface area contributed by atoms with Gasteiger partial charge in [0.25, 0.3) is 5.91 Å². The largest absolute Gasteiger partial charge is 0.455 e. The van der Waals surface area contributed by atoms with Crippen LogP contribution in [0.25, 0.3) is 0 Å². The Morgan fingerprint density at radius 3 is 2.58 bits per heavy atom. The van der Waals surface area contributed by atoms with Gasteiger partial charge in [0.1, 0.15) is 11.4 Å². The molecule has 0 aliphatic heterocycles. The molecule has 7 nitrogen and oxygen atoms in total. The van der Waals surface area contributed by atoms with Gasteiger partial charge in [0.05, 0.1) is 5.69 Å². The molecule has 0 radical (unpaired) electrons. The van der Waals surface area contributed by atoms with E-state index < -0.39 is 18.5 Å². The molecule has 2 aromatic carbocycles. The number of ether oxygens (including phenoxy) is 2. The summed E-state index contributed by atoms with van der Waals surface area (Å²) in [6.07, 6.45) is 1.43. The molecule has 7 heteroatoms. The number of para-hydroxylation sites is 2. The summed E-state index contributed by atoms with van der Waals surface area (Å²) in [5, 5.41) is 8.80. The fourth-order valence-electron chi connectivity index (χ4n) is 2.16. The Hall–Kier alpha value is -3.61. The number of carbonyl (C=O) groups excluding carboxylic acids is 2. The molecule has 2 N–H and O–H groups in total. The maximum absolute atomic E-state index is 12.1. The van der Waals surface area contributed by atoms with Crippen LogP contribution in [-0.2, 0) is 9.53 Å². The lowest BCUT2D eigenvalue weighted by atomic mass is 10.2. The molecule has 0 saturated heterocycles. The van der Waals surface area contributed by atoms with Gasteiger partial charge in [-0.15, -0.1) is 0 Å². The predicted molar refractivity (Wildman–Crippen MR) is 95.2 cm³/mol. The topological polar surface area (TPSA) is 93.3 Å². The van der Waals surface area contributed by atoms with E-state index in [1.165, 1.54) is 12.3 Å². The second kappa shape index (κ2) is 7.98. The Balaban J connectivity index is 1.61. The highest BCUT2D eigenvalue weighted by Crippen LogP contribution is 2.29. The highest BCUT2D eigenvalue weighted by molar-refractivity contribution is 5.95. The molecule has 1 heterocycles. The van der Waals surface area contributed by atoms with Crippen molar-refractivity contribution in [2.24, 2.45) is 0 Å². The fraction of sp³-hybridized carbons (Fsp3) is 0.105. The van der Waals surface area contributed by atoms with E-state index in [0.29, 0.717) is 17.2 Å². The number of H-pyrrole nitrogens is 1. The van der Waals surface area contributed by atoms with Crippen LogP contribution >= 0.6 is 0 Å². The van der Waals surface area contributed by atoms with Gasteiger partial charge in [0.2, 0.25) is 0 Å². The lowest BCUT2D eigenvalue weighted by molar-refractivity contribution is -0.119. The van der Waals surface area contributed by atoms with Crippen LogP contribution in [0.15, 0.2) is 60.8 Å². The average molecular weight is 351 g/mol. The molecule has 132 valence electrons. The second-order valence-electron chi connectivity index (χ2n) is 5.51. The molecule has 0 fully saturated rings. The number of hydrogen-bond donors (Lipinski definition) is 2. The number of aromatic nitrogens is 2. The molecule has 0 unspecified atom stereocenters. The third-order valence-electron chi connectivity index (χ3n) is 3.46. The Kier molecular flexibility index (Phi) is 5.28. The van der Waals surface area contributed by atoms with E-state index in [2.05, 4.69) is 15.5 Å². The monoisotopic (exact) mass is 351 g/mol. The number of carbonyl (C=O) groups is 2. The van der Waals surface area contributed by atoms with E-state index in [0.717, 1.165) is 5.56 Å². The summed E-state index contributed by atoms with van der Waals surface area (Å²) in [6.45, 7) is 1.57. The van der Waals surface area contributed by atoms with Gasteiger partial charge in [-0.25, -0.2) is 4.79 Å². The summed E-state index contributed by atoms with van der Waals surface area (Å²) in [5.41, 5.74) is 1.79. The van der Waals surface area contributed by atoms with Crippen LogP contribution in [0.5, 0.6) is 11.5 Å². The van der Waals surface area contributed by atoms with Crippen LogP contribution in [0.3, 0.4) is 0 Å². The molecule has 0 bridgehead atoms. The second-order valence-corrected chi connectivity index (χ2v) is 5.51. The molecule has 0 atom stereocenters. The van der Waals surface area contributed by atoms with E-state index in [1.54, 1.807) is 24.3 Å². The minimum atomic E-state index is -0.651. The normalized spacial score (nSPS) is 10.2. The van der Waals surface area contributed by atoms with Crippen LogP contribution in [0.1, 0.15) is 16.1 Å². The standard InChI is InChI=1S/C19H17N3O4/c1-13-6-8-14(9-7-13)26-17-5-3-2-4-15(17)21-18(23)12-25-19(24)16-10-11-20-22-16/h2-11H,12H2,1H3,(H,20,22)(H,21,23). The Labute approximate surface area is 150 Å². The van der Waals surface area contributed by atoms with Crippen LogP contribution in [0.4, 0.5) is 5.69 Å². The first kappa shape index (κ1) is 17.2. The Morgan fingerprint density at radius 1 is 1.08 bits per heavy atom. The number of esters is 1. The number of benzene rings is 2. The number of anilines is 1. The SMILES string of the molecule is Cc1ccc(Oc2ccccc2NC(=O)COC(=O)c2ccn[nH]2)cc1. The zero-order chi connectivity index (χ0) is 18.4. The molecule has 0 aliphatic carbocycles. The summed E-state index contributed by atoms with van der Waals surface area (Å²) in [4.78, 5) is 23.8. The van der Waals surface area contributed by atoms with Gasteiger partial charge >= 0.3 is 5.97 Å². The third kappa shape index (κ3) is 4.47. The fourth-order valence-corrected chi connectivity index (χ4v) is 2.16. The summed E-state index contributed by atoms with van der Waals surface area (Å²) in [6, 6.07) is 16.1. The number of nitrogens with one attached hydrogen (secondary N) is 2. The van der Waals surface area contributed by atoms with E-state index in [-0.39, 0.29) is 5.69 Å². The molecule has 1 amide bonds. The third-order valence-corrected chi connectivity index (χ3v) is 3.46. The summed E-state index contributed by atoms with van der Waals surface area (Å²) in [5.74, 6) is 0.0206. The van der Waals surface area contributed by atoms with Crippen LogP contribution in [0, 0.1) is 6.92 Å². The van der Waals surface area contributed by atoms with E-state index in [9.17, 15) is 9.59 Å². The van der Waals surface area contributed by atoms with E-state index in [4.69, 9.17) is 9.47 Å². The molecule has 1 aromatic heterocycles. The highest BCUT2D eigenvalue weighted by atomic mass is 16.5. The predicted octanol–water partition coefficient (Wildman–Crippen LogP) is 3.31. The number of aromatic amines is 1. The van der Waals surface area contributed by atoms with Gasteiger partial charge in [-0.05, 0) is 37.3 Å². The molecular formula is C19H17N3O4. The minimum absolute atomic E-state index is 0.181. The van der Waals surface area contributed by atoms with Gasteiger partial charge in [0.15, 0.2) is 12.4 Å². The highest BCUT2D eigenvalue weighted by Gasteiger charge is 2.13. The van der Waals surface area contributed by atoms with E-state index >= 15 is 0 Å². The molecular weight excluding hydrogens is 334 g/mol. The summed E-state index contributed by atoms with van der Waals surface area (Å²) < 4.78 is 10.7. The van der Waals surface area contributed by atoms with Crippen LogP contribution < -0.4 is 10.1 Å². The van der Waals surface area contributed by atoms with Crippen molar-refractivity contribution in [3.05, 3.63) is 72.1 Å². The van der Waals surface area contributed by atoms with Gasteiger partial charge in [-0.2, -0.15) is 5.10 Å². The smallest absolute Gasteiger partial charge is 0.356 e. The summed E-state index contributed by atoms with van der Waals surface area (Å²) in [7, 11) is 0. The Morgan fingerprint density at radius 2 is 1.85 bits per heavy atom. The molecule has 0 saturated carbocycles. The minimum Gasteiger partial charge on any atom is -0.455 e. The molecule has 0 aliphatic rings. The first-order chi connectivity index (χ1) is 12.6. The first-order valence-electron chi connectivity index (χ1n) is 7.92. The zero-order valence-corrected chi connectivity index (χ0v) is 14.1. The lowest BCUT2D eigenvalue weighted by Gasteiger charge is -2.12. The van der Waals surface area contributed by atoms with Gasteiger partial charge < -0.3 is 14.8 Å². The number of nitrogens with zero attached hydrogens (tertiary/aromatic N) is 1. The maximum Gasteiger partial charge on any atom is 0.356 e. The maximum atomic E-state index is 12.1. The van der Waals surface area contributed by atoms with Gasteiger partial charge in [-0.3, -0.25) is 9.89 Å². The molecule has 3 aromatic rings. The lowest BCUT2D eigenvalue weighted by Crippen LogP contribution is -2.21. The number of rotatable bonds is 6. The quantitative estimate of drug-likeness (QED) is 0.665. The number of hydrogen-bond acceptors (Lipinski definition) is 5. The van der Waals surface area contributed by atoms with E-state index in [1.807, 2.05) is 31.2 Å². The molecule has 3 rings (SSSR count). The number of aryl methyl sites for hydroxylation is 1. The van der Waals surface area contributed by atoms with Crippen molar-refractivity contribution in [1.29, 1.82) is 0 Å². The average Bonchev–Trinajstić information content (AvgIpc) is 3.18. The van der Waals surface area contributed by atoms with Crippen LogP contribution in [0.2, 0.25) is 0 Å². The van der Waals surface area contributed by atoms with Gasteiger partial charge in [0, 0.05) is 6.20 Å². The molecule has 0 spiro atoms. The first-order valence-corrected chi connectivity index (χ1v) is 7.92. The molecule has 26 heavy (non-hydrogen) atoms. The summed E-state index contributed by atoms with van der Waals surface area (Å²) >= 11 is 0. The van der Waals surface area contributed by atoms with Crippen molar-refractivity contribution in [2.45, 2.75) is 6.92 Å². The van der Waals surface area contributed by atoms with Crippen molar-refractivity contribution in [2.75, 3.05) is 11.9 Å². The van der Waals surface area contributed by atoms with Gasteiger partial charge in [-0.1, -0.05) is 29.8 Å². The van der Waals surface area contributed by atoms with Crippen molar-refractivity contribution in [3.63, 3.8) is 0 Å². The number of amides is 1. The van der Waals surface area contributed by atoms with Crippen molar-refractivity contribution < 1.29 is 19.1 Å². The Bertz CT molecular complexity index is 889. The van der Waals surface area contributed by atoms with Crippen molar-refractivity contribution >= 4 is 17.6 Å². The zero-order valence-electron chi connectivity index (χ0n) is 14.1. The van der Waals surface area contributed by atoms with Crippen molar-refractivity contribution in [1.82, 2.24) is 10.2 Å².